The summed E-state index contributed by atoms with van der Waals surface area (Å²) >= 11 is 0. The molecule has 88 valence electrons. The highest BCUT2D eigenvalue weighted by Crippen LogP contribution is 2.10. The molecule has 0 aliphatic rings. The van der Waals surface area contributed by atoms with Crippen LogP contribution in [0.1, 0.15) is 11.1 Å². The van der Waals surface area contributed by atoms with Crippen molar-refractivity contribution in [2.45, 2.75) is 13.0 Å². The van der Waals surface area contributed by atoms with Gasteiger partial charge in [0.25, 0.3) is 0 Å². The summed E-state index contributed by atoms with van der Waals surface area (Å²) in [7, 11) is 0. The average Bonchev–Trinajstić information content (AvgIpc) is 2.41. The van der Waals surface area contributed by atoms with Crippen LogP contribution in [0.25, 0.3) is 0 Å². The number of para-hydroxylation sites is 1. The molecule has 0 heterocycles. The van der Waals surface area contributed by atoms with E-state index in [1.165, 1.54) is 5.56 Å². The Morgan fingerprint density at radius 2 is 1.47 bits per heavy atom. The molecule has 0 saturated heterocycles. The summed E-state index contributed by atoms with van der Waals surface area (Å²) in [6, 6.07) is 18.2. The molecule has 2 aromatic rings. The number of rotatable bonds is 5. The van der Waals surface area contributed by atoms with E-state index in [-0.39, 0.29) is 0 Å². The molecule has 0 fully saturated rings. The summed E-state index contributed by atoms with van der Waals surface area (Å²) in [5.74, 6) is 0.922. The van der Waals surface area contributed by atoms with E-state index in [0.717, 1.165) is 17.7 Å². The molecule has 2 N–H and O–H groups in total. The molecule has 0 bridgehead atoms. The van der Waals surface area contributed by atoms with Crippen LogP contribution in [-0.4, -0.2) is 6.61 Å². The van der Waals surface area contributed by atoms with Crippen LogP contribution in [0.15, 0.2) is 54.6 Å². The maximum atomic E-state index is 5.64. The molecular weight excluding hydrogens is 210 g/mol. The largest absolute Gasteiger partial charge is 0.493 e. The maximum absolute atomic E-state index is 5.64. The fourth-order valence-electron chi connectivity index (χ4n) is 1.65. The van der Waals surface area contributed by atoms with Crippen LogP contribution < -0.4 is 10.5 Å². The molecule has 0 radical (unpaired) electrons. The lowest BCUT2D eigenvalue weighted by Gasteiger charge is -2.06. The number of hydrogen-bond donors (Lipinski definition) is 1. The Morgan fingerprint density at radius 1 is 0.824 bits per heavy atom. The number of benzene rings is 2. The smallest absolute Gasteiger partial charge is 0.119 e. The van der Waals surface area contributed by atoms with E-state index >= 15 is 0 Å². The van der Waals surface area contributed by atoms with E-state index in [0.29, 0.717) is 13.2 Å². The minimum Gasteiger partial charge on any atom is -0.493 e. The minimum atomic E-state index is 0.598. The molecule has 2 aromatic carbocycles. The average molecular weight is 227 g/mol. The first-order chi connectivity index (χ1) is 8.38. The Bertz CT molecular complexity index is 436. The van der Waals surface area contributed by atoms with Crippen molar-refractivity contribution in [2.75, 3.05) is 6.61 Å². The SMILES string of the molecule is NCc1ccc(CCOc2ccccc2)cc1. The van der Waals surface area contributed by atoms with Gasteiger partial charge in [-0.15, -0.1) is 0 Å². The van der Waals surface area contributed by atoms with Crippen LogP contribution in [0.4, 0.5) is 0 Å². The van der Waals surface area contributed by atoms with Crippen LogP contribution in [0.5, 0.6) is 5.75 Å². The van der Waals surface area contributed by atoms with Gasteiger partial charge in [-0.2, -0.15) is 0 Å². The lowest BCUT2D eigenvalue weighted by molar-refractivity contribution is 0.322. The van der Waals surface area contributed by atoms with E-state index in [4.69, 9.17) is 10.5 Å². The molecule has 0 aliphatic carbocycles. The molecule has 0 aromatic heterocycles. The van der Waals surface area contributed by atoms with Gasteiger partial charge in [-0.25, -0.2) is 0 Å². The van der Waals surface area contributed by atoms with Crippen LogP contribution in [0.2, 0.25) is 0 Å². The Kier molecular flexibility index (Phi) is 4.17. The molecule has 2 heteroatoms. The molecule has 2 nitrogen and oxygen atoms in total. The summed E-state index contributed by atoms with van der Waals surface area (Å²) in [6.45, 7) is 1.30. The molecule has 0 unspecified atom stereocenters. The third kappa shape index (κ3) is 3.61. The predicted molar refractivity (Wildman–Crippen MR) is 70.0 cm³/mol. The lowest BCUT2D eigenvalue weighted by Crippen LogP contribution is -2.02. The van der Waals surface area contributed by atoms with E-state index in [9.17, 15) is 0 Å². The molecule has 2 rings (SSSR count). The molecule has 0 amide bonds. The number of ether oxygens (including phenoxy) is 1. The quantitative estimate of drug-likeness (QED) is 0.852. The first-order valence-electron chi connectivity index (χ1n) is 5.84. The van der Waals surface area contributed by atoms with Gasteiger partial charge >= 0.3 is 0 Å². The van der Waals surface area contributed by atoms with Crippen molar-refractivity contribution >= 4 is 0 Å². The lowest BCUT2D eigenvalue weighted by atomic mass is 10.1. The van der Waals surface area contributed by atoms with Crippen molar-refractivity contribution in [3.05, 3.63) is 65.7 Å². The highest BCUT2D eigenvalue weighted by molar-refractivity contribution is 5.23. The fraction of sp³-hybridized carbons (Fsp3) is 0.200. The second-order valence-electron chi connectivity index (χ2n) is 3.93. The molecular formula is C15H17NO. The van der Waals surface area contributed by atoms with Crippen molar-refractivity contribution in [3.63, 3.8) is 0 Å². The normalized spacial score (nSPS) is 10.2. The highest BCUT2D eigenvalue weighted by Gasteiger charge is 1.95. The Morgan fingerprint density at radius 3 is 2.12 bits per heavy atom. The molecule has 0 spiro atoms. The van der Waals surface area contributed by atoms with E-state index < -0.39 is 0 Å². The third-order valence-corrected chi connectivity index (χ3v) is 2.66. The van der Waals surface area contributed by atoms with Crippen LogP contribution in [0, 0.1) is 0 Å². The molecule has 17 heavy (non-hydrogen) atoms. The van der Waals surface area contributed by atoms with Gasteiger partial charge in [0.1, 0.15) is 5.75 Å². The van der Waals surface area contributed by atoms with Crippen molar-refractivity contribution in [2.24, 2.45) is 5.73 Å². The number of hydrogen-bond acceptors (Lipinski definition) is 2. The first kappa shape index (κ1) is 11.7. The van der Waals surface area contributed by atoms with E-state index in [1.807, 2.05) is 30.3 Å². The summed E-state index contributed by atoms with van der Waals surface area (Å²) in [4.78, 5) is 0. The van der Waals surface area contributed by atoms with Gasteiger partial charge in [0.15, 0.2) is 0 Å². The van der Waals surface area contributed by atoms with Gasteiger partial charge < -0.3 is 10.5 Å². The van der Waals surface area contributed by atoms with Crippen molar-refractivity contribution in [1.82, 2.24) is 0 Å². The van der Waals surface area contributed by atoms with Gasteiger partial charge in [0, 0.05) is 13.0 Å². The minimum absolute atomic E-state index is 0.598. The van der Waals surface area contributed by atoms with E-state index in [1.54, 1.807) is 0 Å². The first-order valence-corrected chi connectivity index (χ1v) is 5.84. The van der Waals surface area contributed by atoms with Gasteiger partial charge in [0.05, 0.1) is 6.61 Å². The molecule has 0 aliphatic heterocycles. The summed E-state index contributed by atoms with van der Waals surface area (Å²) in [6.07, 6.45) is 0.916. The number of nitrogens with two attached hydrogens (primary N) is 1. The van der Waals surface area contributed by atoms with Crippen molar-refractivity contribution < 1.29 is 4.74 Å². The fourth-order valence-corrected chi connectivity index (χ4v) is 1.65. The predicted octanol–water partition coefficient (Wildman–Crippen LogP) is 2.77. The van der Waals surface area contributed by atoms with Crippen LogP contribution in [0.3, 0.4) is 0 Å². The van der Waals surface area contributed by atoms with Crippen LogP contribution >= 0.6 is 0 Å². The summed E-state index contributed by atoms with van der Waals surface area (Å²) in [5, 5.41) is 0. The molecule has 0 saturated carbocycles. The summed E-state index contributed by atoms with van der Waals surface area (Å²) < 4.78 is 5.64. The zero-order chi connectivity index (χ0) is 11.9. The second kappa shape index (κ2) is 6.06. The Hall–Kier alpha value is -1.80. The summed E-state index contributed by atoms with van der Waals surface area (Å²) in [5.41, 5.74) is 7.99. The van der Waals surface area contributed by atoms with Gasteiger partial charge in [-0.1, -0.05) is 42.5 Å². The van der Waals surface area contributed by atoms with Crippen molar-refractivity contribution in [1.29, 1.82) is 0 Å². The highest BCUT2D eigenvalue weighted by atomic mass is 16.5. The topological polar surface area (TPSA) is 35.2 Å². The zero-order valence-electron chi connectivity index (χ0n) is 9.80. The van der Waals surface area contributed by atoms with Crippen LogP contribution in [-0.2, 0) is 13.0 Å². The third-order valence-electron chi connectivity index (χ3n) is 2.66. The van der Waals surface area contributed by atoms with Crippen molar-refractivity contribution in [3.8, 4) is 5.75 Å². The van der Waals surface area contributed by atoms with E-state index in [2.05, 4.69) is 24.3 Å². The Balaban J connectivity index is 1.82. The Labute approximate surface area is 102 Å². The van der Waals surface area contributed by atoms with Gasteiger partial charge in [-0.05, 0) is 23.3 Å². The zero-order valence-corrected chi connectivity index (χ0v) is 9.80. The standard InChI is InChI=1S/C15H17NO/c16-12-14-8-6-13(7-9-14)10-11-17-15-4-2-1-3-5-15/h1-9H,10-12,16H2. The second-order valence-corrected chi connectivity index (χ2v) is 3.93. The molecule has 0 atom stereocenters. The maximum Gasteiger partial charge on any atom is 0.119 e. The monoisotopic (exact) mass is 227 g/mol. The van der Waals surface area contributed by atoms with Gasteiger partial charge in [-0.3, -0.25) is 0 Å². The van der Waals surface area contributed by atoms with Gasteiger partial charge in [0.2, 0.25) is 0 Å².